The lowest BCUT2D eigenvalue weighted by Crippen LogP contribution is -2.55. The molecule has 2 aliphatic heterocycles. The number of piperidine rings is 1. The zero-order valence-corrected chi connectivity index (χ0v) is 12.1. The molecule has 0 saturated carbocycles. The number of halogens is 3. The number of nitrogens with one attached hydrogen (secondary N) is 2. The van der Waals surface area contributed by atoms with Gasteiger partial charge in [-0.25, -0.2) is 9.97 Å². The number of hydrogen-bond donors (Lipinski definition) is 2. The first-order chi connectivity index (χ1) is 10.2. The summed E-state index contributed by atoms with van der Waals surface area (Å²) in [5, 5.41) is 6.08. The van der Waals surface area contributed by atoms with E-state index in [0.29, 0.717) is 13.1 Å². The van der Waals surface area contributed by atoms with Crippen LogP contribution in [-0.4, -0.2) is 47.1 Å². The largest absolute Gasteiger partial charge is 0.433 e. The molecule has 0 spiro atoms. The van der Waals surface area contributed by atoms with Gasteiger partial charge in [-0.1, -0.05) is 0 Å². The van der Waals surface area contributed by atoms with E-state index in [9.17, 15) is 13.2 Å². The second-order valence-corrected chi connectivity index (χ2v) is 5.81. The van der Waals surface area contributed by atoms with Crippen LogP contribution in [0, 0.1) is 0 Å². The van der Waals surface area contributed by atoms with Gasteiger partial charge in [0.25, 0.3) is 0 Å². The maximum Gasteiger partial charge on any atom is 0.433 e. The third kappa shape index (κ3) is 3.16. The number of rotatable bonds is 2. The van der Waals surface area contributed by atoms with Crippen molar-refractivity contribution in [1.29, 1.82) is 0 Å². The minimum absolute atomic E-state index is 0.0735. The Bertz CT molecular complexity index is 552. The number of fused-ring (bicyclic) bond motifs is 1. The van der Waals surface area contributed by atoms with Gasteiger partial charge in [0.1, 0.15) is 17.9 Å². The molecule has 3 rings (SSSR count). The van der Waals surface area contributed by atoms with Crippen molar-refractivity contribution in [3.63, 3.8) is 0 Å². The molecule has 0 bridgehead atoms. The van der Waals surface area contributed by atoms with Crippen LogP contribution in [0.15, 0.2) is 12.3 Å². The van der Waals surface area contributed by atoms with Crippen molar-refractivity contribution in [3.8, 4) is 0 Å². The first-order valence-electron chi connectivity index (χ1n) is 6.98. The lowest BCUT2D eigenvalue weighted by molar-refractivity contribution is -0.145. The van der Waals surface area contributed by atoms with Crippen LogP contribution in [0.3, 0.4) is 0 Å². The van der Waals surface area contributed by atoms with Crippen molar-refractivity contribution in [2.45, 2.75) is 44.1 Å². The monoisotopic (exact) mass is 318 g/mol. The highest BCUT2D eigenvalue weighted by molar-refractivity contribution is 5.29. The standard InChI is InChI=1S/C13H17F3N4O2/c1-12(2)21-8-6-17-5-7(10(8)22-12)19-11-18-4-3-9(20-11)13(14,15)16/h3-4,7-8,10,17H,5-6H2,1-2H3,(H,18,19,20)/t7-,8-,10+/m0/s1. The van der Waals surface area contributed by atoms with Crippen molar-refractivity contribution >= 4 is 5.95 Å². The van der Waals surface area contributed by atoms with Crippen LogP contribution in [0.2, 0.25) is 0 Å². The Balaban J connectivity index is 1.75. The zero-order valence-electron chi connectivity index (χ0n) is 12.1. The Kier molecular flexibility index (Phi) is 3.74. The molecular weight excluding hydrogens is 301 g/mol. The van der Waals surface area contributed by atoms with Gasteiger partial charge in [-0.15, -0.1) is 0 Å². The number of alkyl halides is 3. The summed E-state index contributed by atoms with van der Waals surface area (Å²) in [4.78, 5) is 7.37. The van der Waals surface area contributed by atoms with Crippen LogP contribution in [0.1, 0.15) is 19.5 Å². The van der Waals surface area contributed by atoms with Gasteiger partial charge in [0.05, 0.1) is 6.04 Å². The Morgan fingerprint density at radius 1 is 1.32 bits per heavy atom. The fourth-order valence-corrected chi connectivity index (χ4v) is 2.74. The van der Waals surface area contributed by atoms with Gasteiger partial charge in [0, 0.05) is 19.3 Å². The molecule has 0 amide bonds. The molecule has 2 N–H and O–H groups in total. The smallest absolute Gasteiger partial charge is 0.347 e. The summed E-state index contributed by atoms with van der Waals surface area (Å²) in [6.45, 7) is 4.78. The van der Waals surface area contributed by atoms with Crippen molar-refractivity contribution in [2.75, 3.05) is 18.4 Å². The lowest BCUT2D eigenvalue weighted by atomic mass is 10.0. The second kappa shape index (κ2) is 5.32. The van der Waals surface area contributed by atoms with E-state index < -0.39 is 17.7 Å². The van der Waals surface area contributed by atoms with E-state index in [1.807, 2.05) is 13.8 Å². The van der Waals surface area contributed by atoms with E-state index in [0.717, 1.165) is 12.3 Å². The lowest BCUT2D eigenvalue weighted by Gasteiger charge is -2.32. The summed E-state index contributed by atoms with van der Waals surface area (Å²) in [6.07, 6.45) is -3.84. The molecule has 2 saturated heterocycles. The molecule has 0 unspecified atom stereocenters. The van der Waals surface area contributed by atoms with Crippen LogP contribution in [0.25, 0.3) is 0 Å². The second-order valence-electron chi connectivity index (χ2n) is 5.81. The van der Waals surface area contributed by atoms with E-state index in [1.54, 1.807) is 0 Å². The number of aromatic nitrogens is 2. The molecule has 9 heteroatoms. The summed E-state index contributed by atoms with van der Waals surface area (Å²) in [6, 6.07) is 0.565. The highest BCUT2D eigenvalue weighted by Gasteiger charge is 2.47. The first kappa shape index (κ1) is 15.4. The minimum Gasteiger partial charge on any atom is -0.347 e. The van der Waals surface area contributed by atoms with Crippen LogP contribution in [0.4, 0.5) is 19.1 Å². The Morgan fingerprint density at radius 2 is 2.09 bits per heavy atom. The van der Waals surface area contributed by atoms with Gasteiger partial charge in [-0.3, -0.25) is 0 Å². The molecule has 2 fully saturated rings. The van der Waals surface area contributed by atoms with Gasteiger partial charge in [-0.05, 0) is 19.9 Å². The van der Waals surface area contributed by atoms with Crippen LogP contribution in [-0.2, 0) is 15.7 Å². The van der Waals surface area contributed by atoms with Crippen molar-refractivity contribution < 1.29 is 22.6 Å². The Morgan fingerprint density at radius 3 is 2.82 bits per heavy atom. The quantitative estimate of drug-likeness (QED) is 0.859. The topological polar surface area (TPSA) is 68.3 Å². The predicted octanol–water partition coefficient (Wildman–Crippen LogP) is 1.40. The maximum absolute atomic E-state index is 12.7. The summed E-state index contributed by atoms with van der Waals surface area (Å²) in [7, 11) is 0. The molecule has 1 aromatic rings. The van der Waals surface area contributed by atoms with Gasteiger partial charge in [-0.2, -0.15) is 13.2 Å². The number of anilines is 1. The van der Waals surface area contributed by atoms with E-state index in [1.165, 1.54) is 0 Å². The Labute approximate surface area is 125 Å². The van der Waals surface area contributed by atoms with Crippen molar-refractivity contribution in [2.24, 2.45) is 0 Å². The summed E-state index contributed by atoms with van der Waals surface area (Å²) in [5.74, 6) is -0.786. The van der Waals surface area contributed by atoms with Crippen LogP contribution < -0.4 is 10.6 Å². The normalized spacial score (nSPS) is 30.9. The van der Waals surface area contributed by atoms with Gasteiger partial charge in [0.15, 0.2) is 5.79 Å². The molecule has 1 aromatic heterocycles. The van der Waals surface area contributed by atoms with E-state index in [-0.39, 0.29) is 24.2 Å². The third-order valence-electron chi connectivity index (χ3n) is 3.59. The molecule has 122 valence electrons. The minimum atomic E-state index is -4.50. The molecule has 3 atom stereocenters. The van der Waals surface area contributed by atoms with Crippen molar-refractivity contribution in [1.82, 2.24) is 15.3 Å². The fraction of sp³-hybridized carbons (Fsp3) is 0.692. The molecule has 0 aromatic carbocycles. The van der Waals surface area contributed by atoms with Gasteiger partial charge in [0.2, 0.25) is 5.95 Å². The SMILES string of the molecule is CC1(C)O[C@@H]2[C@@H](Nc3nccc(C(F)(F)F)n3)CNC[C@@H]2O1. The molecule has 22 heavy (non-hydrogen) atoms. The summed E-state index contributed by atoms with van der Waals surface area (Å²) < 4.78 is 49.6. The highest BCUT2D eigenvalue weighted by Crippen LogP contribution is 2.32. The zero-order chi connectivity index (χ0) is 16.0. The average molecular weight is 318 g/mol. The van der Waals surface area contributed by atoms with Crippen molar-refractivity contribution in [3.05, 3.63) is 18.0 Å². The molecule has 3 heterocycles. The van der Waals surface area contributed by atoms with E-state index >= 15 is 0 Å². The predicted molar refractivity (Wildman–Crippen MR) is 71.1 cm³/mol. The van der Waals surface area contributed by atoms with E-state index in [2.05, 4.69) is 20.6 Å². The average Bonchev–Trinajstić information content (AvgIpc) is 2.73. The molecular formula is C13H17F3N4O2. The first-order valence-corrected chi connectivity index (χ1v) is 6.98. The van der Waals surface area contributed by atoms with Crippen LogP contribution >= 0.6 is 0 Å². The van der Waals surface area contributed by atoms with Crippen LogP contribution in [0.5, 0.6) is 0 Å². The maximum atomic E-state index is 12.7. The number of nitrogens with zero attached hydrogens (tertiary/aromatic N) is 2. The van der Waals surface area contributed by atoms with Gasteiger partial charge < -0.3 is 20.1 Å². The molecule has 6 nitrogen and oxygen atoms in total. The summed E-state index contributed by atoms with van der Waals surface area (Å²) >= 11 is 0. The Hall–Kier alpha value is -1.45. The summed E-state index contributed by atoms with van der Waals surface area (Å²) in [5.41, 5.74) is -0.978. The van der Waals surface area contributed by atoms with Gasteiger partial charge >= 0.3 is 6.18 Å². The molecule has 0 radical (unpaired) electrons. The van der Waals surface area contributed by atoms with E-state index in [4.69, 9.17) is 9.47 Å². The number of ether oxygens (including phenoxy) is 2. The fourth-order valence-electron chi connectivity index (χ4n) is 2.74. The molecule has 2 aliphatic rings. The third-order valence-corrected chi connectivity index (χ3v) is 3.59. The molecule has 0 aliphatic carbocycles. The number of hydrogen-bond acceptors (Lipinski definition) is 6. The highest BCUT2D eigenvalue weighted by atomic mass is 19.4.